The molecule has 22 heavy (non-hydrogen) atoms. The Balaban J connectivity index is 2.04. The highest BCUT2D eigenvalue weighted by Gasteiger charge is 2.15. The lowest BCUT2D eigenvalue weighted by Crippen LogP contribution is -2.37. The molecule has 1 aromatic carbocycles. The number of rotatable bonds is 7. The molecule has 0 spiro atoms. The molecule has 0 unspecified atom stereocenters. The number of hydrogen-bond donors (Lipinski definition) is 1. The van der Waals surface area contributed by atoms with E-state index in [0.29, 0.717) is 0 Å². The normalized spacial score (nSPS) is 10.9. The quantitative estimate of drug-likeness (QED) is 0.608. The monoisotopic (exact) mass is 336 g/mol. The molecule has 3 nitrogen and oxygen atoms in total. The summed E-state index contributed by atoms with van der Waals surface area (Å²) >= 11 is 7.34. The molecule has 1 heterocycles. The van der Waals surface area contributed by atoms with Crippen LogP contribution in [0.4, 0.5) is 0 Å². The Hall–Kier alpha value is -1.20. The second kappa shape index (κ2) is 8.44. The van der Waals surface area contributed by atoms with Crippen LogP contribution in [0.15, 0.2) is 28.7 Å². The molecule has 120 valence electrons. The number of fused-ring (bicyclic) bond motifs is 1. The van der Waals surface area contributed by atoms with Gasteiger partial charge in [-0.1, -0.05) is 25.1 Å². The van der Waals surface area contributed by atoms with E-state index < -0.39 is 0 Å². The summed E-state index contributed by atoms with van der Waals surface area (Å²) in [5.41, 5.74) is 2.20. The van der Waals surface area contributed by atoms with E-state index in [-0.39, 0.29) is 0 Å². The van der Waals surface area contributed by atoms with E-state index in [2.05, 4.69) is 35.5 Å². The van der Waals surface area contributed by atoms with Gasteiger partial charge < -0.3 is 14.6 Å². The van der Waals surface area contributed by atoms with Crippen molar-refractivity contribution in [1.82, 2.24) is 10.2 Å². The Kier molecular flexibility index (Phi) is 6.58. The molecule has 2 rings (SSSR count). The maximum atomic E-state index is 5.95. The smallest absolute Gasteiger partial charge is 0.168 e. The molecule has 0 aliphatic rings. The largest absolute Gasteiger partial charge is 0.461 e. The van der Waals surface area contributed by atoms with Gasteiger partial charge in [0.25, 0.3) is 0 Å². The van der Waals surface area contributed by atoms with Crippen molar-refractivity contribution in [2.45, 2.75) is 26.3 Å². The molecule has 5 heteroatoms. The van der Waals surface area contributed by atoms with Gasteiger partial charge in [0.15, 0.2) is 5.11 Å². The standard InChI is InChI=1S/C17H24N2OS2/c1-4-15-14(13-8-5-6-9-16(13)20-15)12-19(2)17(21)18-10-7-11-22-3/h5-6,8-9H,4,7,10-12H2,1-3H3,(H,18,21). The molecule has 0 atom stereocenters. The number of nitrogens with one attached hydrogen (secondary N) is 1. The summed E-state index contributed by atoms with van der Waals surface area (Å²) in [6.07, 6.45) is 4.15. The van der Waals surface area contributed by atoms with Gasteiger partial charge in [0.1, 0.15) is 11.3 Å². The van der Waals surface area contributed by atoms with E-state index in [1.54, 1.807) is 0 Å². The molecule has 0 bridgehead atoms. The predicted octanol–water partition coefficient (Wildman–Crippen LogP) is 4.05. The molecule has 1 N–H and O–H groups in total. The van der Waals surface area contributed by atoms with E-state index in [9.17, 15) is 0 Å². The molecular formula is C17H24N2OS2. The molecule has 0 saturated heterocycles. The highest BCUT2D eigenvalue weighted by Crippen LogP contribution is 2.27. The number of nitrogens with zero attached hydrogens (tertiary/aromatic N) is 1. The highest BCUT2D eigenvalue weighted by molar-refractivity contribution is 7.98. The van der Waals surface area contributed by atoms with Crippen LogP contribution in [0.1, 0.15) is 24.7 Å². The Morgan fingerprint density at radius 1 is 1.36 bits per heavy atom. The Labute approximate surface area is 142 Å². The van der Waals surface area contributed by atoms with Crippen LogP contribution in [0.3, 0.4) is 0 Å². The zero-order chi connectivity index (χ0) is 15.9. The fraction of sp³-hybridized carbons (Fsp3) is 0.471. The first-order chi connectivity index (χ1) is 10.7. The third-order valence-electron chi connectivity index (χ3n) is 3.65. The van der Waals surface area contributed by atoms with Crippen molar-refractivity contribution in [1.29, 1.82) is 0 Å². The van der Waals surface area contributed by atoms with Crippen LogP contribution in [0.25, 0.3) is 11.0 Å². The first-order valence-electron chi connectivity index (χ1n) is 7.64. The minimum atomic E-state index is 0.772. The fourth-order valence-corrected chi connectivity index (χ4v) is 3.06. The molecule has 1 aromatic heterocycles. The minimum Gasteiger partial charge on any atom is -0.461 e. The number of aryl methyl sites for hydroxylation is 1. The van der Waals surface area contributed by atoms with Gasteiger partial charge in [-0.05, 0) is 36.7 Å². The fourth-order valence-electron chi connectivity index (χ4n) is 2.46. The Morgan fingerprint density at radius 3 is 2.86 bits per heavy atom. The first kappa shape index (κ1) is 17.2. The van der Waals surface area contributed by atoms with Gasteiger partial charge in [-0.25, -0.2) is 0 Å². The van der Waals surface area contributed by atoms with Crippen LogP contribution in [0.2, 0.25) is 0 Å². The first-order valence-corrected chi connectivity index (χ1v) is 9.44. The molecule has 0 aliphatic carbocycles. The topological polar surface area (TPSA) is 28.4 Å². The van der Waals surface area contributed by atoms with Crippen LogP contribution in [0, 0.1) is 0 Å². The Bertz CT molecular complexity index is 624. The zero-order valence-electron chi connectivity index (χ0n) is 13.5. The van der Waals surface area contributed by atoms with E-state index in [0.717, 1.165) is 48.1 Å². The van der Waals surface area contributed by atoms with Crippen molar-refractivity contribution in [2.24, 2.45) is 0 Å². The summed E-state index contributed by atoms with van der Waals surface area (Å²) in [4.78, 5) is 2.09. The third-order valence-corrected chi connectivity index (χ3v) is 4.80. The van der Waals surface area contributed by atoms with Gasteiger partial charge in [-0.15, -0.1) is 0 Å². The molecule has 0 amide bonds. The predicted molar refractivity (Wildman–Crippen MR) is 101 cm³/mol. The molecule has 0 saturated carbocycles. The van der Waals surface area contributed by atoms with Crippen molar-refractivity contribution in [3.8, 4) is 0 Å². The highest BCUT2D eigenvalue weighted by atomic mass is 32.2. The van der Waals surface area contributed by atoms with Gasteiger partial charge in [-0.3, -0.25) is 0 Å². The summed E-state index contributed by atoms with van der Waals surface area (Å²) in [5, 5.41) is 5.32. The summed E-state index contributed by atoms with van der Waals surface area (Å²) in [6.45, 7) is 3.82. The number of para-hydroxylation sites is 1. The van der Waals surface area contributed by atoms with Crippen LogP contribution < -0.4 is 5.32 Å². The maximum Gasteiger partial charge on any atom is 0.168 e. The average Bonchev–Trinajstić information content (AvgIpc) is 2.89. The number of thioether (sulfide) groups is 1. The lowest BCUT2D eigenvalue weighted by Gasteiger charge is -2.21. The van der Waals surface area contributed by atoms with Crippen molar-refractivity contribution in [3.63, 3.8) is 0 Å². The van der Waals surface area contributed by atoms with Crippen molar-refractivity contribution >= 4 is 40.1 Å². The van der Waals surface area contributed by atoms with E-state index in [4.69, 9.17) is 16.6 Å². The molecule has 0 fully saturated rings. The third kappa shape index (κ3) is 4.17. The summed E-state index contributed by atoms with van der Waals surface area (Å²) in [5.74, 6) is 2.21. The number of thiocarbonyl (C=S) groups is 1. The summed E-state index contributed by atoms with van der Waals surface area (Å²) in [6, 6.07) is 8.21. The van der Waals surface area contributed by atoms with Gasteiger partial charge in [0, 0.05) is 37.5 Å². The minimum absolute atomic E-state index is 0.772. The summed E-state index contributed by atoms with van der Waals surface area (Å²) < 4.78 is 5.95. The molecule has 2 aromatic rings. The number of benzene rings is 1. The van der Waals surface area contributed by atoms with Crippen molar-refractivity contribution in [3.05, 3.63) is 35.6 Å². The zero-order valence-corrected chi connectivity index (χ0v) is 15.1. The van der Waals surface area contributed by atoms with E-state index in [1.165, 1.54) is 10.9 Å². The van der Waals surface area contributed by atoms with Crippen LogP contribution in [-0.4, -0.2) is 35.6 Å². The van der Waals surface area contributed by atoms with Crippen molar-refractivity contribution < 1.29 is 4.42 Å². The second-order valence-electron chi connectivity index (χ2n) is 5.29. The second-order valence-corrected chi connectivity index (χ2v) is 6.66. The van der Waals surface area contributed by atoms with Gasteiger partial charge >= 0.3 is 0 Å². The van der Waals surface area contributed by atoms with Crippen LogP contribution in [0.5, 0.6) is 0 Å². The molecule has 0 radical (unpaired) electrons. The van der Waals surface area contributed by atoms with Gasteiger partial charge in [-0.2, -0.15) is 11.8 Å². The number of hydrogen-bond acceptors (Lipinski definition) is 3. The Morgan fingerprint density at radius 2 is 2.14 bits per heavy atom. The SMILES string of the molecule is CCc1oc2ccccc2c1CN(C)C(=S)NCCCSC. The van der Waals surface area contributed by atoms with Crippen molar-refractivity contribution in [2.75, 3.05) is 25.6 Å². The summed E-state index contributed by atoms with van der Waals surface area (Å²) in [7, 11) is 2.03. The lowest BCUT2D eigenvalue weighted by molar-refractivity contribution is 0.474. The lowest BCUT2D eigenvalue weighted by atomic mass is 10.1. The van der Waals surface area contributed by atoms with E-state index >= 15 is 0 Å². The maximum absolute atomic E-state index is 5.95. The van der Waals surface area contributed by atoms with Gasteiger partial charge in [0.2, 0.25) is 0 Å². The number of furan rings is 1. The average molecular weight is 337 g/mol. The molecule has 0 aliphatic heterocycles. The van der Waals surface area contributed by atoms with Crippen LogP contribution in [-0.2, 0) is 13.0 Å². The van der Waals surface area contributed by atoms with E-state index in [1.807, 2.05) is 30.9 Å². The van der Waals surface area contributed by atoms with Gasteiger partial charge in [0.05, 0.1) is 0 Å². The molecular weight excluding hydrogens is 312 g/mol. The van der Waals surface area contributed by atoms with Crippen LogP contribution >= 0.6 is 24.0 Å².